The van der Waals surface area contributed by atoms with Gasteiger partial charge in [-0.3, -0.25) is 0 Å². The minimum atomic E-state index is -5.37. The highest BCUT2D eigenvalue weighted by atomic mass is 31.1. The number of alkyl halides is 12. The third-order valence-corrected chi connectivity index (χ3v) is 9.64. The minimum absolute atomic E-state index is 0.0227. The fraction of sp³-hybridized carbons (Fsp3) is 0.118. The number of phenolic OH excluding ortho intramolecular Hbond substituents is 1. The summed E-state index contributed by atoms with van der Waals surface area (Å²) in [4.78, 5) is 0. The maximum absolute atomic E-state index is 14.0. The molecule has 48 heavy (non-hydrogen) atoms. The van der Waals surface area contributed by atoms with Crippen LogP contribution in [0.1, 0.15) is 22.3 Å². The Labute approximate surface area is 265 Å². The van der Waals surface area contributed by atoms with E-state index in [0.29, 0.717) is 5.56 Å². The molecule has 0 amide bonds. The van der Waals surface area contributed by atoms with Crippen LogP contribution >= 0.6 is 7.92 Å². The fourth-order valence-electron chi connectivity index (χ4n) is 5.07. The van der Waals surface area contributed by atoms with Gasteiger partial charge in [0.25, 0.3) is 0 Å². The van der Waals surface area contributed by atoms with Crippen molar-refractivity contribution >= 4 is 23.8 Å². The van der Waals surface area contributed by atoms with Crippen molar-refractivity contribution in [3.63, 3.8) is 0 Å². The Morgan fingerprint density at radius 3 is 1.21 bits per heavy atom. The molecule has 5 aromatic rings. The summed E-state index contributed by atoms with van der Waals surface area (Å²) in [6.45, 7) is 0. The lowest BCUT2D eigenvalue weighted by Crippen LogP contribution is -2.27. The van der Waals surface area contributed by atoms with Gasteiger partial charge in [-0.1, -0.05) is 72.8 Å². The third-order valence-electron chi connectivity index (χ3n) is 7.22. The fourth-order valence-corrected chi connectivity index (χ4v) is 7.67. The van der Waals surface area contributed by atoms with Crippen molar-refractivity contribution in [2.24, 2.45) is 0 Å². The van der Waals surface area contributed by atoms with Crippen LogP contribution in [-0.2, 0) is 24.7 Å². The monoisotopic (exact) mass is 702 g/mol. The molecule has 0 unspecified atom stereocenters. The lowest BCUT2D eigenvalue weighted by atomic mass is 9.97. The van der Waals surface area contributed by atoms with E-state index in [-0.39, 0.29) is 58.4 Å². The van der Waals surface area contributed by atoms with Crippen LogP contribution in [-0.4, -0.2) is 5.11 Å². The zero-order valence-electron chi connectivity index (χ0n) is 23.8. The van der Waals surface area contributed by atoms with E-state index in [0.717, 1.165) is 0 Å². The molecular weight excluding hydrogens is 683 g/mol. The van der Waals surface area contributed by atoms with Gasteiger partial charge in [-0.15, -0.1) is 0 Å². The molecule has 0 saturated carbocycles. The van der Waals surface area contributed by atoms with Gasteiger partial charge in [0, 0.05) is 11.1 Å². The van der Waals surface area contributed by atoms with Gasteiger partial charge in [0.15, 0.2) is 0 Å². The summed E-state index contributed by atoms with van der Waals surface area (Å²) in [6, 6.07) is 18.6. The highest BCUT2D eigenvalue weighted by Crippen LogP contribution is 2.46. The molecule has 0 aliphatic heterocycles. The van der Waals surface area contributed by atoms with E-state index in [2.05, 4.69) is 0 Å². The average Bonchev–Trinajstić information content (AvgIpc) is 3.00. The standard InChI is InChI=1S/C34H19F12OP/c35-31(36,37)20-13-21(32(38,39)40)16-24(15-20)48(25-17-22(33(41,42)43)14-23(18-25)34(44,45)46)29-12-5-4-9-27(29)28-11-6-10-26(30(28)47)19-7-2-1-3-8-19/h1-18,47H. The Hall–Kier alpha value is -4.51. The Balaban J connectivity index is 1.89. The molecule has 0 saturated heterocycles. The molecule has 14 heteroatoms. The maximum atomic E-state index is 14.0. The van der Waals surface area contributed by atoms with Crippen LogP contribution in [0.5, 0.6) is 5.75 Å². The van der Waals surface area contributed by atoms with E-state index >= 15 is 0 Å². The second-order valence-electron chi connectivity index (χ2n) is 10.4. The molecule has 0 atom stereocenters. The summed E-state index contributed by atoms with van der Waals surface area (Å²) >= 11 is 0. The Morgan fingerprint density at radius 1 is 0.396 bits per heavy atom. The van der Waals surface area contributed by atoms with Crippen LogP contribution in [0.3, 0.4) is 0 Å². The summed E-state index contributed by atoms with van der Waals surface area (Å²) in [5.41, 5.74) is -6.55. The zero-order chi connectivity index (χ0) is 35.2. The normalized spacial score (nSPS) is 12.9. The quantitative estimate of drug-likeness (QED) is 0.143. The molecule has 250 valence electrons. The molecule has 0 aliphatic rings. The van der Waals surface area contributed by atoms with Crippen molar-refractivity contribution in [1.29, 1.82) is 0 Å². The molecule has 5 aromatic carbocycles. The summed E-state index contributed by atoms with van der Waals surface area (Å²) in [7, 11) is -3.03. The lowest BCUT2D eigenvalue weighted by molar-refractivity contribution is -0.144. The second-order valence-corrected chi connectivity index (χ2v) is 12.6. The van der Waals surface area contributed by atoms with E-state index in [1.807, 2.05) is 0 Å². The summed E-state index contributed by atoms with van der Waals surface area (Å²) in [6.07, 6.45) is -21.5. The molecule has 0 aromatic heterocycles. The first-order chi connectivity index (χ1) is 22.2. The number of halogens is 12. The summed E-state index contributed by atoms with van der Waals surface area (Å²) in [5.74, 6) is -0.397. The zero-order valence-corrected chi connectivity index (χ0v) is 24.7. The summed E-state index contributed by atoms with van der Waals surface area (Å²) < 4.78 is 167. The van der Waals surface area contributed by atoms with E-state index in [1.54, 1.807) is 30.3 Å². The largest absolute Gasteiger partial charge is 0.507 e. The first kappa shape index (κ1) is 34.8. The second kappa shape index (κ2) is 12.5. The molecule has 1 N–H and O–H groups in total. The van der Waals surface area contributed by atoms with Gasteiger partial charge < -0.3 is 5.11 Å². The smallest absolute Gasteiger partial charge is 0.416 e. The number of rotatable bonds is 5. The van der Waals surface area contributed by atoms with E-state index < -0.39 is 71.2 Å². The number of phenols is 1. The molecule has 0 bridgehead atoms. The predicted octanol–water partition coefficient (Wildman–Crippen LogP) is 10.6. The van der Waals surface area contributed by atoms with Crippen molar-refractivity contribution < 1.29 is 57.8 Å². The number of benzene rings is 5. The molecule has 5 rings (SSSR count). The highest BCUT2D eigenvalue weighted by Gasteiger charge is 2.41. The summed E-state index contributed by atoms with van der Waals surface area (Å²) in [5, 5.41) is 9.49. The van der Waals surface area contributed by atoms with Crippen molar-refractivity contribution in [3.8, 4) is 28.0 Å². The predicted molar refractivity (Wildman–Crippen MR) is 158 cm³/mol. The number of hydrogen-bond acceptors (Lipinski definition) is 1. The molecule has 0 spiro atoms. The number of aromatic hydroxyl groups is 1. The SMILES string of the molecule is Oc1c(-c2ccccc2)cccc1-c1ccccc1P(c1cc(C(F)(F)F)cc(C(F)(F)F)c1)c1cc(C(F)(F)F)cc(C(F)(F)F)c1. The Morgan fingerprint density at radius 2 is 0.771 bits per heavy atom. The van der Waals surface area contributed by atoms with Crippen LogP contribution in [0.25, 0.3) is 22.3 Å². The first-order valence-corrected chi connectivity index (χ1v) is 15.0. The van der Waals surface area contributed by atoms with Gasteiger partial charge in [-0.05, 0) is 71.4 Å². The van der Waals surface area contributed by atoms with E-state index in [9.17, 15) is 57.8 Å². The number of hydrogen-bond donors (Lipinski definition) is 1. The third kappa shape index (κ3) is 7.31. The van der Waals surface area contributed by atoms with Gasteiger partial charge in [-0.25, -0.2) is 0 Å². The van der Waals surface area contributed by atoms with Crippen LogP contribution in [0, 0.1) is 0 Å². The molecule has 0 radical (unpaired) electrons. The van der Waals surface area contributed by atoms with Gasteiger partial charge in [0.1, 0.15) is 5.75 Å². The Bertz CT molecular complexity index is 1800. The average molecular weight is 702 g/mol. The minimum Gasteiger partial charge on any atom is -0.507 e. The van der Waals surface area contributed by atoms with Crippen molar-refractivity contribution in [1.82, 2.24) is 0 Å². The lowest BCUT2D eigenvalue weighted by Gasteiger charge is -2.26. The molecule has 1 nitrogen and oxygen atoms in total. The molecular formula is C34H19F12OP. The van der Waals surface area contributed by atoms with Crippen molar-refractivity contribution in [2.45, 2.75) is 24.7 Å². The van der Waals surface area contributed by atoms with Gasteiger partial charge in [0.05, 0.1) is 22.3 Å². The van der Waals surface area contributed by atoms with E-state index in [4.69, 9.17) is 0 Å². The van der Waals surface area contributed by atoms with Crippen LogP contribution < -0.4 is 15.9 Å². The van der Waals surface area contributed by atoms with Crippen LogP contribution in [0.15, 0.2) is 109 Å². The first-order valence-electron chi connectivity index (χ1n) is 13.6. The van der Waals surface area contributed by atoms with Crippen LogP contribution in [0.2, 0.25) is 0 Å². The highest BCUT2D eigenvalue weighted by molar-refractivity contribution is 7.80. The Kier molecular flexibility index (Phi) is 9.07. The molecule has 0 aliphatic carbocycles. The maximum Gasteiger partial charge on any atom is 0.416 e. The van der Waals surface area contributed by atoms with Gasteiger partial charge in [-0.2, -0.15) is 52.7 Å². The molecule has 0 heterocycles. The van der Waals surface area contributed by atoms with E-state index in [1.165, 1.54) is 42.5 Å². The van der Waals surface area contributed by atoms with Gasteiger partial charge in [0.2, 0.25) is 0 Å². The topological polar surface area (TPSA) is 20.2 Å². The van der Waals surface area contributed by atoms with Crippen LogP contribution in [0.4, 0.5) is 52.7 Å². The molecule has 0 fully saturated rings. The van der Waals surface area contributed by atoms with Gasteiger partial charge >= 0.3 is 24.7 Å². The van der Waals surface area contributed by atoms with Crippen molar-refractivity contribution in [2.75, 3.05) is 0 Å². The van der Waals surface area contributed by atoms with Crippen molar-refractivity contribution in [3.05, 3.63) is 131 Å². The number of para-hydroxylation sites is 1.